The third-order valence-corrected chi connectivity index (χ3v) is 3.47. The molecule has 2 heterocycles. The molecule has 1 aromatic rings. The molecular formula is C11H19N5O. The van der Waals surface area contributed by atoms with Crippen molar-refractivity contribution < 1.29 is 4.79 Å². The molecule has 1 atom stereocenters. The van der Waals surface area contributed by atoms with Crippen LogP contribution in [0, 0.1) is 0 Å². The first-order valence-electron chi connectivity index (χ1n) is 5.97. The molecule has 0 radical (unpaired) electrons. The zero-order valence-electron chi connectivity index (χ0n) is 10.1. The SMILES string of the molecule is CCC(C(N)=O)(c1ncc[nH]1)N1CCNCC1. The maximum Gasteiger partial charge on any atom is 0.245 e. The van der Waals surface area contributed by atoms with Gasteiger partial charge in [-0.05, 0) is 6.42 Å². The van der Waals surface area contributed by atoms with Gasteiger partial charge in [0.15, 0.2) is 5.54 Å². The van der Waals surface area contributed by atoms with E-state index in [2.05, 4.69) is 20.2 Å². The second-order valence-electron chi connectivity index (χ2n) is 4.25. The Labute approximate surface area is 101 Å². The molecule has 0 saturated carbocycles. The van der Waals surface area contributed by atoms with Crippen molar-refractivity contribution in [3.63, 3.8) is 0 Å². The number of piperazine rings is 1. The first-order chi connectivity index (χ1) is 8.21. The van der Waals surface area contributed by atoms with Crippen LogP contribution in [-0.2, 0) is 10.3 Å². The number of H-pyrrole nitrogens is 1. The Morgan fingerprint density at radius 1 is 1.59 bits per heavy atom. The van der Waals surface area contributed by atoms with E-state index in [4.69, 9.17) is 5.73 Å². The highest BCUT2D eigenvalue weighted by Gasteiger charge is 2.45. The van der Waals surface area contributed by atoms with Crippen LogP contribution in [0.5, 0.6) is 0 Å². The van der Waals surface area contributed by atoms with Crippen LogP contribution >= 0.6 is 0 Å². The molecule has 1 aromatic heterocycles. The van der Waals surface area contributed by atoms with Gasteiger partial charge in [0, 0.05) is 38.6 Å². The number of rotatable bonds is 4. The largest absolute Gasteiger partial charge is 0.368 e. The smallest absolute Gasteiger partial charge is 0.245 e. The minimum absolute atomic E-state index is 0.336. The van der Waals surface area contributed by atoms with Gasteiger partial charge in [-0.1, -0.05) is 6.92 Å². The topological polar surface area (TPSA) is 87.0 Å². The van der Waals surface area contributed by atoms with Crippen LogP contribution < -0.4 is 11.1 Å². The van der Waals surface area contributed by atoms with Gasteiger partial charge >= 0.3 is 0 Å². The summed E-state index contributed by atoms with van der Waals surface area (Å²) in [5.41, 5.74) is 4.84. The summed E-state index contributed by atoms with van der Waals surface area (Å²) in [6.45, 7) is 5.32. The number of amides is 1. The van der Waals surface area contributed by atoms with E-state index in [1.54, 1.807) is 12.4 Å². The third-order valence-electron chi connectivity index (χ3n) is 3.47. The summed E-state index contributed by atoms with van der Waals surface area (Å²) in [5, 5.41) is 3.27. The lowest BCUT2D eigenvalue weighted by atomic mass is 9.91. The molecule has 0 aliphatic carbocycles. The Morgan fingerprint density at radius 2 is 2.29 bits per heavy atom. The van der Waals surface area contributed by atoms with E-state index in [0.717, 1.165) is 26.2 Å². The molecule has 0 bridgehead atoms. The number of aromatic nitrogens is 2. The average Bonchev–Trinajstić information content (AvgIpc) is 2.86. The van der Waals surface area contributed by atoms with E-state index in [0.29, 0.717) is 12.2 Å². The number of nitrogens with two attached hydrogens (primary N) is 1. The first-order valence-corrected chi connectivity index (χ1v) is 5.97. The Balaban J connectivity index is 2.38. The van der Waals surface area contributed by atoms with Crippen molar-refractivity contribution >= 4 is 5.91 Å². The summed E-state index contributed by atoms with van der Waals surface area (Å²) in [6.07, 6.45) is 4.01. The zero-order valence-corrected chi connectivity index (χ0v) is 10.1. The lowest BCUT2D eigenvalue weighted by molar-refractivity contribution is -0.132. The highest BCUT2D eigenvalue weighted by atomic mass is 16.1. The monoisotopic (exact) mass is 237 g/mol. The normalized spacial score (nSPS) is 21.0. The minimum Gasteiger partial charge on any atom is -0.368 e. The summed E-state index contributed by atoms with van der Waals surface area (Å²) >= 11 is 0. The van der Waals surface area contributed by atoms with Gasteiger partial charge in [-0.15, -0.1) is 0 Å². The molecule has 6 heteroatoms. The quantitative estimate of drug-likeness (QED) is 0.653. The molecule has 4 N–H and O–H groups in total. The fraction of sp³-hybridized carbons (Fsp3) is 0.636. The number of imidazole rings is 1. The Bertz CT molecular complexity index is 371. The Morgan fingerprint density at radius 3 is 2.76 bits per heavy atom. The summed E-state index contributed by atoms with van der Waals surface area (Å²) in [4.78, 5) is 21.3. The molecule has 1 saturated heterocycles. The van der Waals surface area contributed by atoms with E-state index in [-0.39, 0.29) is 5.91 Å². The van der Waals surface area contributed by atoms with Crippen LogP contribution in [0.2, 0.25) is 0 Å². The molecule has 2 rings (SSSR count). The van der Waals surface area contributed by atoms with Crippen LogP contribution in [0.15, 0.2) is 12.4 Å². The molecule has 0 spiro atoms. The van der Waals surface area contributed by atoms with E-state index in [1.807, 2.05) is 6.92 Å². The summed E-state index contributed by atoms with van der Waals surface area (Å²) in [7, 11) is 0. The summed E-state index contributed by atoms with van der Waals surface area (Å²) in [5.74, 6) is 0.311. The summed E-state index contributed by atoms with van der Waals surface area (Å²) in [6, 6.07) is 0. The van der Waals surface area contributed by atoms with Gasteiger partial charge in [-0.25, -0.2) is 4.98 Å². The first kappa shape index (κ1) is 12.1. The van der Waals surface area contributed by atoms with Crippen molar-refractivity contribution in [1.82, 2.24) is 20.2 Å². The minimum atomic E-state index is -0.800. The molecule has 6 nitrogen and oxygen atoms in total. The Kier molecular flexibility index (Phi) is 3.44. The molecule has 1 aliphatic rings. The lowest BCUT2D eigenvalue weighted by Crippen LogP contribution is -2.60. The van der Waals surface area contributed by atoms with Crippen molar-refractivity contribution in [3.05, 3.63) is 18.2 Å². The van der Waals surface area contributed by atoms with Crippen LogP contribution in [0.25, 0.3) is 0 Å². The fourth-order valence-corrected chi connectivity index (χ4v) is 2.53. The van der Waals surface area contributed by atoms with Gasteiger partial charge in [0.05, 0.1) is 0 Å². The third kappa shape index (κ3) is 1.94. The predicted molar refractivity (Wildman–Crippen MR) is 64.2 cm³/mol. The van der Waals surface area contributed by atoms with Crippen molar-refractivity contribution in [2.75, 3.05) is 26.2 Å². The van der Waals surface area contributed by atoms with E-state index >= 15 is 0 Å². The Hall–Kier alpha value is -1.40. The van der Waals surface area contributed by atoms with Crippen molar-refractivity contribution in [2.24, 2.45) is 5.73 Å². The molecule has 1 amide bonds. The number of nitrogens with one attached hydrogen (secondary N) is 2. The highest BCUT2D eigenvalue weighted by molar-refractivity contribution is 5.85. The van der Waals surface area contributed by atoms with Crippen molar-refractivity contribution in [2.45, 2.75) is 18.9 Å². The number of carbonyl (C=O) groups is 1. The molecule has 1 unspecified atom stereocenters. The van der Waals surface area contributed by atoms with Crippen LogP contribution in [0.1, 0.15) is 19.2 Å². The molecule has 94 valence electrons. The fourth-order valence-electron chi connectivity index (χ4n) is 2.53. The maximum absolute atomic E-state index is 12.0. The number of aromatic amines is 1. The van der Waals surface area contributed by atoms with E-state index < -0.39 is 5.54 Å². The number of primary amides is 1. The standard InChI is InChI=1S/C11H19N5O/c1-2-11(9(12)17,10-14-3-4-15-10)16-7-5-13-6-8-16/h3-4,13H,2,5-8H2,1H3,(H2,12,17)(H,14,15). The zero-order chi connectivity index (χ0) is 12.3. The predicted octanol–water partition coefficient (Wildman–Crippen LogP) is -0.594. The lowest BCUT2D eigenvalue weighted by Gasteiger charge is -2.41. The second kappa shape index (κ2) is 4.85. The molecule has 1 fully saturated rings. The average molecular weight is 237 g/mol. The van der Waals surface area contributed by atoms with Crippen LogP contribution in [0.4, 0.5) is 0 Å². The molecule has 17 heavy (non-hydrogen) atoms. The molecular weight excluding hydrogens is 218 g/mol. The maximum atomic E-state index is 12.0. The molecule has 1 aliphatic heterocycles. The van der Waals surface area contributed by atoms with Gasteiger partial charge in [-0.3, -0.25) is 9.69 Å². The summed E-state index contributed by atoms with van der Waals surface area (Å²) < 4.78 is 0. The van der Waals surface area contributed by atoms with Gasteiger partial charge in [0.1, 0.15) is 5.82 Å². The van der Waals surface area contributed by atoms with Gasteiger partial charge in [0.25, 0.3) is 0 Å². The van der Waals surface area contributed by atoms with Crippen LogP contribution in [-0.4, -0.2) is 47.0 Å². The van der Waals surface area contributed by atoms with E-state index in [9.17, 15) is 4.79 Å². The van der Waals surface area contributed by atoms with Crippen molar-refractivity contribution in [3.8, 4) is 0 Å². The van der Waals surface area contributed by atoms with E-state index in [1.165, 1.54) is 0 Å². The van der Waals surface area contributed by atoms with Crippen LogP contribution in [0.3, 0.4) is 0 Å². The highest BCUT2D eigenvalue weighted by Crippen LogP contribution is 2.29. The van der Waals surface area contributed by atoms with Gasteiger partial charge in [0.2, 0.25) is 5.91 Å². The number of carbonyl (C=O) groups excluding carboxylic acids is 1. The second-order valence-corrected chi connectivity index (χ2v) is 4.25. The number of hydrogen-bond acceptors (Lipinski definition) is 4. The van der Waals surface area contributed by atoms with Gasteiger partial charge in [-0.2, -0.15) is 0 Å². The van der Waals surface area contributed by atoms with Crippen molar-refractivity contribution in [1.29, 1.82) is 0 Å². The molecule has 0 aromatic carbocycles. The van der Waals surface area contributed by atoms with Gasteiger partial charge < -0.3 is 16.0 Å². The number of nitrogens with zero attached hydrogens (tertiary/aromatic N) is 2. The number of hydrogen-bond donors (Lipinski definition) is 3.